The lowest BCUT2D eigenvalue weighted by Gasteiger charge is -2.15. The molecule has 2 amide bonds. The molecule has 0 unspecified atom stereocenters. The first-order chi connectivity index (χ1) is 11.5. The van der Waals surface area contributed by atoms with Crippen LogP contribution in [-0.4, -0.2) is 11.8 Å². The summed E-state index contributed by atoms with van der Waals surface area (Å²) in [7, 11) is 0. The normalized spacial score (nSPS) is 14.8. The maximum Gasteiger partial charge on any atom is 0.240 e. The number of halogens is 1. The van der Waals surface area contributed by atoms with Crippen LogP contribution in [0.25, 0.3) is 0 Å². The molecule has 1 saturated carbocycles. The first-order valence-electron chi connectivity index (χ1n) is 7.90. The Balaban J connectivity index is 1.60. The Morgan fingerprint density at radius 1 is 1.00 bits per heavy atom. The number of nitrogens with one attached hydrogen (secondary N) is 2. The first kappa shape index (κ1) is 16.5. The number of hydrogen-bond donors (Lipinski definition) is 2. The molecular formula is C19H19ClN2O2. The Morgan fingerprint density at radius 3 is 2.21 bits per heavy atom. The highest BCUT2D eigenvalue weighted by molar-refractivity contribution is 6.30. The lowest BCUT2D eigenvalue weighted by atomic mass is 10.0. The summed E-state index contributed by atoms with van der Waals surface area (Å²) >= 11 is 5.83. The summed E-state index contributed by atoms with van der Waals surface area (Å²) in [5.41, 5.74) is 1.89. The SMILES string of the molecule is Cc1ccc(CNC(=O)C2(C(=O)Nc3ccc(Cl)cc3)CC2)cc1. The molecule has 0 aliphatic heterocycles. The predicted octanol–water partition coefficient (Wildman–Crippen LogP) is 3.68. The van der Waals surface area contributed by atoms with Crippen LogP contribution in [0.1, 0.15) is 24.0 Å². The van der Waals surface area contributed by atoms with Crippen molar-refractivity contribution in [3.05, 3.63) is 64.7 Å². The van der Waals surface area contributed by atoms with Crippen LogP contribution in [0.15, 0.2) is 48.5 Å². The van der Waals surface area contributed by atoms with Crippen LogP contribution in [0.5, 0.6) is 0 Å². The van der Waals surface area contributed by atoms with E-state index in [9.17, 15) is 9.59 Å². The van der Waals surface area contributed by atoms with Crippen LogP contribution in [0.3, 0.4) is 0 Å². The number of aryl methyl sites for hydroxylation is 1. The number of benzene rings is 2. The molecule has 0 radical (unpaired) electrons. The van der Waals surface area contributed by atoms with Gasteiger partial charge in [-0.25, -0.2) is 0 Å². The molecule has 124 valence electrons. The van der Waals surface area contributed by atoms with Crippen molar-refractivity contribution in [1.82, 2.24) is 5.32 Å². The van der Waals surface area contributed by atoms with Gasteiger partial charge in [0.2, 0.25) is 11.8 Å². The molecule has 24 heavy (non-hydrogen) atoms. The van der Waals surface area contributed by atoms with Gasteiger partial charge in [-0.3, -0.25) is 9.59 Å². The molecule has 0 atom stereocenters. The highest BCUT2D eigenvalue weighted by Crippen LogP contribution is 2.46. The van der Waals surface area contributed by atoms with Crippen LogP contribution < -0.4 is 10.6 Å². The maximum atomic E-state index is 12.5. The molecule has 0 saturated heterocycles. The second kappa shape index (κ2) is 6.65. The largest absolute Gasteiger partial charge is 0.351 e. The van der Waals surface area contributed by atoms with Gasteiger partial charge in [-0.2, -0.15) is 0 Å². The maximum absolute atomic E-state index is 12.5. The average Bonchev–Trinajstić information content (AvgIpc) is 3.38. The molecule has 0 heterocycles. The second-order valence-electron chi connectivity index (χ2n) is 6.21. The van der Waals surface area contributed by atoms with Crippen LogP contribution in [0, 0.1) is 12.3 Å². The third-order valence-electron chi connectivity index (χ3n) is 4.30. The minimum atomic E-state index is -0.940. The van der Waals surface area contributed by atoms with Gasteiger partial charge in [-0.1, -0.05) is 41.4 Å². The van der Waals surface area contributed by atoms with Gasteiger partial charge in [0.1, 0.15) is 5.41 Å². The van der Waals surface area contributed by atoms with Crippen molar-refractivity contribution in [1.29, 1.82) is 0 Å². The van der Waals surface area contributed by atoms with E-state index < -0.39 is 5.41 Å². The summed E-state index contributed by atoms with van der Waals surface area (Å²) in [5.74, 6) is -0.472. The van der Waals surface area contributed by atoms with Crippen molar-refractivity contribution in [3.8, 4) is 0 Å². The van der Waals surface area contributed by atoms with Gasteiger partial charge in [0, 0.05) is 17.3 Å². The van der Waals surface area contributed by atoms with Crippen LogP contribution in [0.4, 0.5) is 5.69 Å². The van der Waals surface area contributed by atoms with Gasteiger partial charge in [0.25, 0.3) is 0 Å². The molecule has 0 spiro atoms. The molecule has 2 aromatic carbocycles. The first-order valence-corrected chi connectivity index (χ1v) is 8.28. The molecule has 3 rings (SSSR count). The smallest absolute Gasteiger partial charge is 0.240 e. The van der Waals surface area contributed by atoms with Crippen molar-refractivity contribution in [2.24, 2.45) is 5.41 Å². The molecule has 2 N–H and O–H groups in total. The number of carbonyl (C=O) groups is 2. The van der Waals surface area contributed by atoms with E-state index in [0.29, 0.717) is 30.1 Å². The zero-order chi connectivity index (χ0) is 17.2. The van der Waals surface area contributed by atoms with E-state index in [0.717, 1.165) is 5.56 Å². The molecule has 4 nitrogen and oxygen atoms in total. The fourth-order valence-electron chi connectivity index (χ4n) is 2.52. The van der Waals surface area contributed by atoms with E-state index >= 15 is 0 Å². The topological polar surface area (TPSA) is 58.2 Å². The number of amides is 2. The minimum Gasteiger partial charge on any atom is -0.351 e. The van der Waals surface area contributed by atoms with Crippen LogP contribution in [-0.2, 0) is 16.1 Å². The molecular weight excluding hydrogens is 324 g/mol. The fraction of sp³-hybridized carbons (Fsp3) is 0.263. The fourth-order valence-corrected chi connectivity index (χ4v) is 2.65. The summed E-state index contributed by atoms with van der Waals surface area (Å²) in [6, 6.07) is 14.8. The Kier molecular flexibility index (Phi) is 4.58. The van der Waals surface area contributed by atoms with Gasteiger partial charge in [-0.15, -0.1) is 0 Å². The summed E-state index contributed by atoms with van der Waals surface area (Å²) in [5, 5.41) is 6.28. The summed E-state index contributed by atoms with van der Waals surface area (Å²) in [6.07, 6.45) is 1.15. The molecule has 2 aromatic rings. The standard InChI is InChI=1S/C19H19ClN2O2/c1-13-2-4-14(5-3-13)12-21-17(23)19(10-11-19)18(24)22-16-8-6-15(20)7-9-16/h2-9H,10-12H2,1H3,(H,21,23)(H,22,24). The van der Waals surface area contributed by atoms with Gasteiger partial charge in [0.05, 0.1) is 0 Å². The van der Waals surface area contributed by atoms with E-state index in [1.807, 2.05) is 31.2 Å². The molecule has 1 fully saturated rings. The van der Waals surface area contributed by atoms with Crippen molar-refractivity contribution in [3.63, 3.8) is 0 Å². The van der Waals surface area contributed by atoms with E-state index in [1.54, 1.807) is 24.3 Å². The zero-order valence-electron chi connectivity index (χ0n) is 13.4. The number of hydrogen-bond acceptors (Lipinski definition) is 2. The van der Waals surface area contributed by atoms with Crippen LogP contribution >= 0.6 is 11.6 Å². The Morgan fingerprint density at radius 2 is 1.62 bits per heavy atom. The zero-order valence-corrected chi connectivity index (χ0v) is 14.2. The highest BCUT2D eigenvalue weighted by Gasteiger charge is 2.56. The van der Waals surface area contributed by atoms with Gasteiger partial charge in [-0.05, 0) is 49.6 Å². The van der Waals surface area contributed by atoms with E-state index in [1.165, 1.54) is 5.56 Å². The van der Waals surface area contributed by atoms with Gasteiger partial charge >= 0.3 is 0 Å². The summed E-state index contributed by atoms with van der Waals surface area (Å²) in [6.45, 7) is 2.44. The Hall–Kier alpha value is -2.33. The van der Waals surface area contributed by atoms with Gasteiger partial charge in [0.15, 0.2) is 0 Å². The molecule has 0 bridgehead atoms. The molecule has 5 heteroatoms. The Bertz CT molecular complexity index is 750. The van der Waals surface area contributed by atoms with Crippen LogP contribution in [0.2, 0.25) is 5.02 Å². The number of carbonyl (C=O) groups excluding carboxylic acids is 2. The molecule has 0 aromatic heterocycles. The quantitative estimate of drug-likeness (QED) is 0.814. The number of rotatable bonds is 5. The highest BCUT2D eigenvalue weighted by atomic mass is 35.5. The van der Waals surface area contributed by atoms with E-state index in [-0.39, 0.29) is 11.8 Å². The average molecular weight is 343 g/mol. The summed E-state index contributed by atoms with van der Waals surface area (Å²) in [4.78, 5) is 24.9. The third kappa shape index (κ3) is 3.60. The van der Waals surface area contributed by atoms with E-state index in [2.05, 4.69) is 10.6 Å². The van der Waals surface area contributed by atoms with E-state index in [4.69, 9.17) is 11.6 Å². The predicted molar refractivity (Wildman–Crippen MR) is 94.8 cm³/mol. The number of anilines is 1. The van der Waals surface area contributed by atoms with Gasteiger partial charge < -0.3 is 10.6 Å². The molecule has 1 aliphatic carbocycles. The lowest BCUT2D eigenvalue weighted by Crippen LogP contribution is -2.39. The van der Waals surface area contributed by atoms with Crippen molar-refractivity contribution in [2.45, 2.75) is 26.3 Å². The van der Waals surface area contributed by atoms with Crippen molar-refractivity contribution >= 4 is 29.1 Å². The Labute approximate surface area is 146 Å². The minimum absolute atomic E-state index is 0.213. The lowest BCUT2D eigenvalue weighted by molar-refractivity contribution is -0.134. The monoisotopic (exact) mass is 342 g/mol. The van der Waals surface area contributed by atoms with Crippen molar-refractivity contribution < 1.29 is 9.59 Å². The molecule has 1 aliphatic rings. The third-order valence-corrected chi connectivity index (χ3v) is 4.55. The second-order valence-corrected chi connectivity index (χ2v) is 6.65. The van der Waals surface area contributed by atoms with Crippen molar-refractivity contribution in [2.75, 3.05) is 5.32 Å². The summed E-state index contributed by atoms with van der Waals surface area (Å²) < 4.78 is 0.